The van der Waals surface area contributed by atoms with Crippen molar-refractivity contribution >= 4 is 22.4 Å². The average Bonchev–Trinajstić information content (AvgIpc) is 3.11. The van der Waals surface area contributed by atoms with Gasteiger partial charge in [0.2, 0.25) is 0 Å². The molecule has 0 atom stereocenters. The number of aromatic nitrogens is 1. The monoisotopic (exact) mass is 354 g/mol. The van der Waals surface area contributed by atoms with Crippen LogP contribution in [-0.2, 0) is 11.3 Å². The van der Waals surface area contributed by atoms with Crippen LogP contribution in [-0.4, -0.2) is 25.1 Å². The smallest absolute Gasteiger partial charge is 0.257 e. The lowest BCUT2D eigenvalue weighted by molar-refractivity contribution is 0.102. The molecular weight excluding hydrogens is 336 g/mol. The number of carbonyl (C=O) groups excluding carboxylic acids is 1. The zero-order chi connectivity index (χ0) is 17.6. The topological polar surface area (TPSA) is 60.5 Å². The Balaban J connectivity index is 1.76. The molecule has 0 saturated carbocycles. The first-order valence-electron chi connectivity index (χ1n) is 7.69. The summed E-state index contributed by atoms with van der Waals surface area (Å²) in [6.45, 7) is 0.387. The van der Waals surface area contributed by atoms with E-state index in [0.29, 0.717) is 17.3 Å². The number of nitrogens with zero attached hydrogens (tertiary/aromatic N) is 1. The molecule has 0 unspecified atom stereocenters. The van der Waals surface area contributed by atoms with Crippen molar-refractivity contribution in [2.24, 2.45) is 0 Å². The van der Waals surface area contributed by atoms with Gasteiger partial charge in [-0.2, -0.15) is 0 Å². The van der Waals surface area contributed by atoms with Crippen LogP contribution < -0.4 is 10.1 Å². The number of anilines is 1. The van der Waals surface area contributed by atoms with Crippen LogP contribution in [0, 0.1) is 0 Å². The van der Waals surface area contributed by atoms with Crippen LogP contribution in [0.5, 0.6) is 5.75 Å². The van der Waals surface area contributed by atoms with Gasteiger partial charge in [0.25, 0.3) is 5.91 Å². The molecule has 0 aliphatic carbocycles. The van der Waals surface area contributed by atoms with E-state index in [2.05, 4.69) is 10.3 Å². The van der Waals surface area contributed by atoms with E-state index >= 15 is 0 Å². The fraction of sp³-hybridized carbons (Fsp3) is 0.158. The van der Waals surface area contributed by atoms with Gasteiger partial charge in [0.05, 0.1) is 19.4 Å². The van der Waals surface area contributed by atoms with Crippen LogP contribution in [0.15, 0.2) is 53.9 Å². The van der Waals surface area contributed by atoms with Crippen LogP contribution in [0.2, 0.25) is 0 Å². The van der Waals surface area contributed by atoms with Gasteiger partial charge in [0.1, 0.15) is 5.75 Å². The Morgan fingerprint density at radius 3 is 2.60 bits per heavy atom. The Bertz CT molecular complexity index is 859. The maximum Gasteiger partial charge on any atom is 0.257 e. The molecule has 0 radical (unpaired) electrons. The summed E-state index contributed by atoms with van der Waals surface area (Å²) < 4.78 is 10.3. The summed E-state index contributed by atoms with van der Waals surface area (Å²) in [5, 5.41) is 5.33. The third-order valence-electron chi connectivity index (χ3n) is 3.67. The minimum Gasteiger partial charge on any atom is -0.497 e. The van der Waals surface area contributed by atoms with E-state index < -0.39 is 0 Å². The third-order valence-corrected chi connectivity index (χ3v) is 4.43. The summed E-state index contributed by atoms with van der Waals surface area (Å²) in [7, 11) is 3.24. The molecule has 0 aliphatic heterocycles. The van der Waals surface area contributed by atoms with E-state index in [4.69, 9.17) is 9.47 Å². The number of ether oxygens (including phenoxy) is 2. The second kappa shape index (κ2) is 7.92. The number of hydrogen-bond donors (Lipinski definition) is 1. The lowest BCUT2D eigenvalue weighted by Gasteiger charge is -2.07. The zero-order valence-corrected chi connectivity index (χ0v) is 14.8. The van der Waals surface area contributed by atoms with Crippen molar-refractivity contribution in [1.82, 2.24) is 4.98 Å². The van der Waals surface area contributed by atoms with Crippen molar-refractivity contribution < 1.29 is 14.3 Å². The molecule has 2 aromatic carbocycles. The quantitative estimate of drug-likeness (QED) is 0.720. The second-order valence-electron chi connectivity index (χ2n) is 5.31. The Morgan fingerprint density at radius 2 is 1.88 bits per heavy atom. The summed E-state index contributed by atoms with van der Waals surface area (Å²) in [6, 6.07) is 15.0. The molecule has 0 spiro atoms. The first-order chi connectivity index (χ1) is 12.2. The first-order valence-corrected chi connectivity index (χ1v) is 8.57. The number of benzene rings is 2. The summed E-state index contributed by atoms with van der Waals surface area (Å²) in [4.78, 5) is 17.0. The number of methoxy groups -OCH3 is 2. The van der Waals surface area contributed by atoms with Gasteiger partial charge in [-0.15, -0.1) is 11.3 Å². The van der Waals surface area contributed by atoms with Crippen molar-refractivity contribution in [3.05, 3.63) is 65.0 Å². The molecule has 1 heterocycles. The minimum absolute atomic E-state index is 0.191. The zero-order valence-electron chi connectivity index (χ0n) is 14.0. The summed E-state index contributed by atoms with van der Waals surface area (Å²) in [5.41, 5.74) is 3.21. The van der Waals surface area contributed by atoms with Crippen LogP contribution in [0.4, 0.5) is 5.13 Å². The van der Waals surface area contributed by atoms with Gasteiger partial charge in [-0.1, -0.05) is 18.2 Å². The number of thiazole rings is 1. The van der Waals surface area contributed by atoms with E-state index in [9.17, 15) is 4.79 Å². The standard InChI is InChI=1S/C19H18N2O3S/c1-23-11-14-5-3-4-6-16(14)18(22)21-19-20-17(12-25-19)13-7-9-15(24-2)10-8-13/h3-10,12H,11H2,1-2H3,(H,20,21,22). The van der Waals surface area contributed by atoms with Gasteiger partial charge in [0, 0.05) is 23.6 Å². The molecular formula is C19H18N2O3S. The highest BCUT2D eigenvalue weighted by Gasteiger charge is 2.13. The van der Waals surface area contributed by atoms with Crippen LogP contribution in [0.25, 0.3) is 11.3 Å². The molecule has 3 aromatic rings. The molecule has 3 rings (SSSR count). The fourth-order valence-electron chi connectivity index (χ4n) is 2.41. The number of carbonyl (C=O) groups is 1. The van der Waals surface area contributed by atoms with Gasteiger partial charge in [-0.25, -0.2) is 4.98 Å². The van der Waals surface area contributed by atoms with Gasteiger partial charge in [-0.3, -0.25) is 10.1 Å². The number of nitrogens with one attached hydrogen (secondary N) is 1. The first kappa shape index (κ1) is 17.1. The van der Waals surface area contributed by atoms with Crippen LogP contribution in [0.3, 0.4) is 0 Å². The van der Waals surface area contributed by atoms with Crippen molar-refractivity contribution in [2.75, 3.05) is 19.5 Å². The Hall–Kier alpha value is -2.70. The van der Waals surface area contributed by atoms with Crippen molar-refractivity contribution in [2.45, 2.75) is 6.61 Å². The Morgan fingerprint density at radius 1 is 1.12 bits per heavy atom. The van der Waals surface area contributed by atoms with E-state index in [0.717, 1.165) is 22.6 Å². The second-order valence-corrected chi connectivity index (χ2v) is 6.17. The van der Waals surface area contributed by atoms with Gasteiger partial charge >= 0.3 is 0 Å². The van der Waals surface area contributed by atoms with E-state index in [1.54, 1.807) is 20.3 Å². The average molecular weight is 354 g/mol. The van der Waals surface area contributed by atoms with E-state index in [1.165, 1.54) is 11.3 Å². The molecule has 1 aromatic heterocycles. The molecule has 25 heavy (non-hydrogen) atoms. The predicted octanol–water partition coefficient (Wildman–Crippen LogP) is 4.22. The molecule has 6 heteroatoms. The number of amides is 1. The third kappa shape index (κ3) is 4.04. The highest BCUT2D eigenvalue weighted by atomic mass is 32.1. The molecule has 1 amide bonds. The highest BCUT2D eigenvalue weighted by molar-refractivity contribution is 7.14. The summed E-state index contributed by atoms with van der Waals surface area (Å²) in [6.07, 6.45) is 0. The molecule has 5 nitrogen and oxygen atoms in total. The maximum absolute atomic E-state index is 12.5. The Kier molecular flexibility index (Phi) is 5.42. The number of hydrogen-bond acceptors (Lipinski definition) is 5. The van der Waals surface area contributed by atoms with Crippen LogP contribution >= 0.6 is 11.3 Å². The SMILES string of the molecule is COCc1ccccc1C(=O)Nc1nc(-c2ccc(OC)cc2)cs1. The van der Waals surface area contributed by atoms with Gasteiger partial charge in [-0.05, 0) is 35.9 Å². The predicted molar refractivity (Wildman–Crippen MR) is 99.2 cm³/mol. The minimum atomic E-state index is -0.191. The maximum atomic E-state index is 12.5. The molecule has 0 aliphatic rings. The molecule has 0 saturated heterocycles. The molecule has 0 fully saturated rings. The van der Waals surface area contributed by atoms with Crippen molar-refractivity contribution in [3.63, 3.8) is 0 Å². The fourth-order valence-corrected chi connectivity index (χ4v) is 3.13. The molecule has 1 N–H and O–H groups in total. The van der Waals surface area contributed by atoms with Crippen molar-refractivity contribution in [3.8, 4) is 17.0 Å². The van der Waals surface area contributed by atoms with Gasteiger partial charge in [0.15, 0.2) is 5.13 Å². The lowest BCUT2D eigenvalue weighted by atomic mass is 10.1. The molecule has 128 valence electrons. The Labute approximate surface area is 150 Å². The normalized spacial score (nSPS) is 10.5. The highest BCUT2D eigenvalue weighted by Crippen LogP contribution is 2.27. The summed E-state index contributed by atoms with van der Waals surface area (Å²) in [5.74, 6) is 0.602. The van der Waals surface area contributed by atoms with Crippen LogP contribution in [0.1, 0.15) is 15.9 Å². The van der Waals surface area contributed by atoms with E-state index in [1.807, 2.05) is 47.8 Å². The lowest BCUT2D eigenvalue weighted by Crippen LogP contribution is -2.14. The van der Waals surface area contributed by atoms with Gasteiger partial charge < -0.3 is 9.47 Å². The molecule has 0 bridgehead atoms. The van der Waals surface area contributed by atoms with Crippen molar-refractivity contribution in [1.29, 1.82) is 0 Å². The number of rotatable bonds is 6. The van der Waals surface area contributed by atoms with E-state index in [-0.39, 0.29) is 5.91 Å². The summed E-state index contributed by atoms with van der Waals surface area (Å²) >= 11 is 1.39. The largest absolute Gasteiger partial charge is 0.497 e.